The second-order valence-corrected chi connectivity index (χ2v) is 3.49. The van der Waals surface area contributed by atoms with Crippen molar-refractivity contribution in [3.63, 3.8) is 0 Å². The summed E-state index contributed by atoms with van der Waals surface area (Å²) in [7, 11) is 0. The van der Waals surface area contributed by atoms with Crippen LogP contribution in [-0.2, 0) is 0 Å². The molecule has 1 atom stereocenters. The lowest BCUT2D eigenvalue weighted by Gasteiger charge is -1.99. The Morgan fingerprint density at radius 1 is 1.00 bits per heavy atom. The van der Waals surface area contributed by atoms with Crippen LogP contribution in [0.5, 0.6) is 0 Å². The Kier molecular flexibility index (Phi) is 9.00. The summed E-state index contributed by atoms with van der Waals surface area (Å²) in [4.78, 5) is 0. The molecule has 0 radical (unpaired) electrons. The minimum Gasteiger partial charge on any atom is -0.230 e. The first-order chi connectivity index (χ1) is 5.27. The summed E-state index contributed by atoms with van der Waals surface area (Å²) in [5.41, 5.74) is -1.15. The Morgan fingerprint density at radius 3 is 2.09 bits per heavy atom. The molecule has 0 bridgehead atoms. The van der Waals surface area contributed by atoms with Gasteiger partial charge in [0, 0.05) is 5.88 Å². The molecule has 0 spiro atoms. The molecular weight excluding hydrogens is 186 g/mol. The van der Waals surface area contributed by atoms with Crippen molar-refractivity contribution in [3.05, 3.63) is 0 Å². The molecule has 0 rings (SSSR count). The number of hydrogen-bond acceptors (Lipinski definition) is 0. The van der Waals surface area contributed by atoms with Gasteiger partial charge in [-0.25, -0.2) is 4.39 Å². The van der Waals surface area contributed by atoms with Gasteiger partial charge in [0.1, 0.15) is 0 Å². The van der Waals surface area contributed by atoms with Crippen LogP contribution < -0.4 is 0 Å². The Morgan fingerprint density at radius 2 is 1.55 bits per heavy atom. The quantitative estimate of drug-likeness (QED) is 0.429. The highest BCUT2D eigenvalue weighted by atomic mass is 35.5. The largest absolute Gasteiger partial charge is 0.230 e. The van der Waals surface area contributed by atoms with Crippen LogP contribution in [0.1, 0.15) is 38.5 Å². The van der Waals surface area contributed by atoms with Crippen molar-refractivity contribution < 1.29 is 4.39 Å². The van der Waals surface area contributed by atoms with E-state index < -0.39 is 5.63 Å². The van der Waals surface area contributed by atoms with Gasteiger partial charge in [-0.05, 0) is 19.3 Å². The number of halogens is 3. The highest BCUT2D eigenvalue weighted by Gasteiger charge is 1.98. The van der Waals surface area contributed by atoms with Crippen LogP contribution in [0.3, 0.4) is 0 Å². The first-order valence-corrected chi connectivity index (χ1v) is 5.08. The van der Waals surface area contributed by atoms with Crippen LogP contribution >= 0.6 is 23.2 Å². The molecule has 0 aliphatic rings. The van der Waals surface area contributed by atoms with Crippen molar-refractivity contribution in [3.8, 4) is 0 Å². The zero-order chi connectivity index (χ0) is 8.53. The van der Waals surface area contributed by atoms with Crippen molar-refractivity contribution >= 4 is 23.2 Å². The second kappa shape index (κ2) is 8.61. The molecule has 1 unspecified atom stereocenters. The molecule has 11 heavy (non-hydrogen) atoms. The van der Waals surface area contributed by atoms with Crippen LogP contribution in [0.15, 0.2) is 0 Å². The van der Waals surface area contributed by atoms with Gasteiger partial charge < -0.3 is 0 Å². The highest BCUT2D eigenvalue weighted by molar-refractivity contribution is 6.19. The summed E-state index contributed by atoms with van der Waals surface area (Å²) in [5.74, 6) is 0.737. The van der Waals surface area contributed by atoms with Crippen molar-refractivity contribution in [2.45, 2.75) is 44.2 Å². The molecule has 68 valence electrons. The van der Waals surface area contributed by atoms with Gasteiger partial charge in [0.25, 0.3) is 0 Å². The maximum Gasteiger partial charge on any atom is 0.173 e. The third-order valence-corrected chi connectivity index (χ3v) is 2.04. The number of alkyl halides is 3. The van der Waals surface area contributed by atoms with E-state index >= 15 is 0 Å². The van der Waals surface area contributed by atoms with E-state index in [0.717, 1.165) is 38.0 Å². The van der Waals surface area contributed by atoms with Crippen molar-refractivity contribution in [2.75, 3.05) is 5.88 Å². The third-order valence-electron chi connectivity index (χ3n) is 1.56. The molecule has 0 aromatic heterocycles. The molecule has 0 nitrogen and oxygen atoms in total. The fraction of sp³-hybridized carbons (Fsp3) is 1.00. The van der Waals surface area contributed by atoms with Gasteiger partial charge >= 0.3 is 0 Å². The molecule has 0 aliphatic heterocycles. The summed E-state index contributed by atoms with van der Waals surface area (Å²) < 4.78 is 12.0. The van der Waals surface area contributed by atoms with Crippen molar-refractivity contribution in [1.82, 2.24) is 0 Å². The van der Waals surface area contributed by atoms with Gasteiger partial charge in [-0.1, -0.05) is 30.9 Å². The Labute approximate surface area is 78.1 Å². The number of rotatable bonds is 7. The first-order valence-electron chi connectivity index (χ1n) is 4.11. The van der Waals surface area contributed by atoms with Gasteiger partial charge in [0.15, 0.2) is 5.63 Å². The minimum atomic E-state index is -1.15. The van der Waals surface area contributed by atoms with Crippen molar-refractivity contribution in [1.29, 1.82) is 0 Å². The van der Waals surface area contributed by atoms with E-state index in [4.69, 9.17) is 23.2 Å². The molecule has 3 heteroatoms. The van der Waals surface area contributed by atoms with Crippen LogP contribution in [0.4, 0.5) is 4.39 Å². The topological polar surface area (TPSA) is 0 Å². The second-order valence-electron chi connectivity index (χ2n) is 2.64. The van der Waals surface area contributed by atoms with E-state index in [1.807, 2.05) is 0 Å². The predicted octanol–water partition coefficient (Wildman–Crippen LogP) is 4.10. The van der Waals surface area contributed by atoms with E-state index in [2.05, 4.69) is 0 Å². The Balaban J connectivity index is 2.80. The van der Waals surface area contributed by atoms with E-state index in [1.54, 1.807) is 0 Å². The first kappa shape index (κ1) is 11.5. The highest BCUT2D eigenvalue weighted by Crippen LogP contribution is 2.11. The average Bonchev–Trinajstić information content (AvgIpc) is 1.96. The number of hydrogen-bond donors (Lipinski definition) is 0. The SMILES string of the molecule is FC(Cl)CCCCCCCCl. The molecule has 0 heterocycles. The van der Waals surface area contributed by atoms with E-state index in [1.165, 1.54) is 0 Å². The van der Waals surface area contributed by atoms with E-state index in [9.17, 15) is 4.39 Å². The standard InChI is InChI=1S/C8H15Cl2F/c9-7-5-3-1-2-4-6-8(10)11/h8H,1-7H2. The molecular formula is C8H15Cl2F. The lowest BCUT2D eigenvalue weighted by atomic mass is 10.1. The summed E-state index contributed by atoms with van der Waals surface area (Å²) >= 11 is 10.6. The Bertz CT molecular complexity index is 76.5. The maximum atomic E-state index is 12.0. The van der Waals surface area contributed by atoms with Crippen molar-refractivity contribution in [2.24, 2.45) is 0 Å². The normalized spacial score (nSPS) is 13.4. The lowest BCUT2D eigenvalue weighted by Crippen LogP contribution is -1.88. The van der Waals surface area contributed by atoms with Gasteiger partial charge in [-0.15, -0.1) is 11.6 Å². The molecule has 0 aliphatic carbocycles. The fourth-order valence-corrected chi connectivity index (χ4v) is 1.27. The third kappa shape index (κ3) is 10.5. The van der Waals surface area contributed by atoms with Crippen LogP contribution in [-0.4, -0.2) is 11.5 Å². The van der Waals surface area contributed by atoms with Crippen LogP contribution in [0.25, 0.3) is 0 Å². The fourth-order valence-electron chi connectivity index (χ4n) is 0.923. The summed E-state index contributed by atoms with van der Waals surface area (Å²) in [6.07, 6.45) is 5.83. The molecule has 0 amide bonds. The van der Waals surface area contributed by atoms with Gasteiger partial charge in [0.05, 0.1) is 0 Å². The van der Waals surface area contributed by atoms with Gasteiger partial charge in [0.2, 0.25) is 0 Å². The summed E-state index contributed by atoms with van der Waals surface area (Å²) in [6, 6.07) is 0. The smallest absolute Gasteiger partial charge is 0.173 e. The van der Waals surface area contributed by atoms with E-state index in [-0.39, 0.29) is 0 Å². The number of unbranched alkanes of at least 4 members (excludes halogenated alkanes) is 4. The average molecular weight is 201 g/mol. The minimum absolute atomic E-state index is 0.489. The monoisotopic (exact) mass is 200 g/mol. The molecule has 0 aromatic carbocycles. The zero-order valence-corrected chi connectivity index (χ0v) is 8.17. The van der Waals surface area contributed by atoms with Crippen LogP contribution in [0, 0.1) is 0 Å². The van der Waals surface area contributed by atoms with Crippen LogP contribution in [0.2, 0.25) is 0 Å². The maximum absolute atomic E-state index is 12.0. The zero-order valence-electron chi connectivity index (χ0n) is 6.66. The van der Waals surface area contributed by atoms with Gasteiger partial charge in [-0.3, -0.25) is 0 Å². The molecule has 0 saturated heterocycles. The van der Waals surface area contributed by atoms with E-state index in [0.29, 0.717) is 6.42 Å². The summed E-state index contributed by atoms with van der Waals surface area (Å²) in [5, 5.41) is 0. The van der Waals surface area contributed by atoms with Gasteiger partial charge in [-0.2, -0.15) is 0 Å². The molecule has 0 aromatic rings. The summed E-state index contributed by atoms with van der Waals surface area (Å²) in [6.45, 7) is 0. The molecule has 0 N–H and O–H groups in total. The molecule has 0 saturated carbocycles. The lowest BCUT2D eigenvalue weighted by molar-refractivity contribution is 0.404. The predicted molar refractivity (Wildman–Crippen MR) is 49.2 cm³/mol. The molecule has 0 fully saturated rings. The Hall–Kier alpha value is 0.510.